The highest BCUT2D eigenvalue weighted by atomic mass is 16.6. The third-order valence-corrected chi connectivity index (χ3v) is 8.24. The Kier molecular flexibility index (Phi) is 19.3. The molecule has 1 aliphatic rings. The van der Waals surface area contributed by atoms with Gasteiger partial charge in [-0.2, -0.15) is 0 Å². The largest absolute Gasteiger partial charge is 0.467 e. The quantitative estimate of drug-likeness (QED) is 0.146. The van der Waals surface area contributed by atoms with Gasteiger partial charge in [0.25, 0.3) is 0 Å². The third kappa shape index (κ3) is 15.2. The maximum atomic E-state index is 13.4. The second-order valence-electron chi connectivity index (χ2n) is 12.7. The first-order chi connectivity index (χ1) is 21.3. The number of aliphatic hydroxyl groups excluding tert-OH is 2. The summed E-state index contributed by atoms with van der Waals surface area (Å²) in [4.78, 5) is 65.0. The molecule has 1 aliphatic heterocycles. The molecule has 0 bridgehead atoms. The van der Waals surface area contributed by atoms with Gasteiger partial charge in [-0.15, -0.1) is 0 Å². The van der Waals surface area contributed by atoms with Crippen molar-refractivity contribution in [2.24, 2.45) is 17.8 Å². The van der Waals surface area contributed by atoms with Gasteiger partial charge in [0.05, 0.1) is 32.2 Å². The number of amides is 3. The van der Waals surface area contributed by atoms with Crippen molar-refractivity contribution in [2.45, 2.75) is 123 Å². The van der Waals surface area contributed by atoms with Gasteiger partial charge in [-0.05, 0) is 18.3 Å². The molecule has 6 atom stereocenters. The molecule has 0 spiro atoms. The predicted octanol–water partition coefficient (Wildman–Crippen LogP) is 2.64. The molecule has 12 heteroatoms. The number of cyclic esters (lactones) is 1. The second kappa shape index (κ2) is 21.7. The molecule has 0 aliphatic carbocycles. The Morgan fingerprint density at radius 1 is 0.978 bits per heavy atom. The summed E-state index contributed by atoms with van der Waals surface area (Å²) < 4.78 is 10.3. The standard InChI is InChI=1S/C33H57N3O9/c1-22(2)16-14-12-10-8-7-9-11-13-15-17-23(3)30-24(4)31(41)34-25(21-37)18-19-27(39)36(5)20-26(38)35-28(32(42)45-30)29(40)33(43)44-6/h18-19,22-25,28-30,37,40H,7-17,20-21H2,1-6H3,(H,34,41)(H,35,38)/b19-18+/t23-,24+,25+,28-,29-,30+/m0/s1. The van der Waals surface area contributed by atoms with E-state index in [1.807, 2.05) is 6.92 Å². The van der Waals surface area contributed by atoms with E-state index in [0.29, 0.717) is 6.42 Å². The lowest BCUT2D eigenvalue weighted by Crippen LogP contribution is -2.56. The molecule has 0 saturated heterocycles. The van der Waals surface area contributed by atoms with Crippen LogP contribution in [0.25, 0.3) is 0 Å². The molecule has 0 aromatic rings. The first kappa shape index (κ1) is 40.0. The normalized spacial score (nSPS) is 24.2. The molecule has 12 nitrogen and oxygen atoms in total. The Balaban J connectivity index is 3.00. The first-order valence-corrected chi connectivity index (χ1v) is 16.4. The lowest BCUT2D eigenvalue weighted by molar-refractivity contribution is -0.169. The Morgan fingerprint density at radius 2 is 1.53 bits per heavy atom. The topological polar surface area (TPSA) is 172 Å². The van der Waals surface area contributed by atoms with Crippen LogP contribution in [0.2, 0.25) is 0 Å². The highest BCUT2D eigenvalue weighted by Crippen LogP contribution is 2.25. The summed E-state index contributed by atoms with van der Waals surface area (Å²) in [5.74, 6) is -4.70. The lowest BCUT2D eigenvalue weighted by atomic mass is 9.88. The van der Waals surface area contributed by atoms with Gasteiger partial charge in [0, 0.05) is 13.1 Å². The van der Waals surface area contributed by atoms with E-state index in [-0.39, 0.29) is 5.92 Å². The molecule has 0 fully saturated rings. The van der Waals surface area contributed by atoms with E-state index in [1.165, 1.54) is 51.6 Å². The van der Waals surface area contributed by atoms with Crippen LogP contribution in [0.1, 0.15) is 98.3 Å². The summed E-state index contributed by atoms with van der Waals surface area (Å²) in [6, 6.07) is -2.73. The molecule has 0 radical (unpaired) electrons. The number of esters is 2. The fraction of sp³-hybridized carbons (Fsp3) is 0.788. The number of carbonyl (C=O) groups is 5. The number of likely N-dealkylation sites (N-methyl/N-ethyl adjacent to an activating group) is 1. The van der Waals surface area contributed by atoms with Crippen molar-refractivity contribution in [3.05, 3.63) is 12.2 Å². The Labute approximate surface area is 268 Å². The van der Waals surface area contributed by atoms with E-state index in [1.54, 1.807) is 6.92 Å². The summed E-state index contributed by atoms with van der Waals surface area (Å²) in [6.07, 6.45) is 11.6. The molecule has 258 valence electrons. The van der Waals surface area contributed by atoms with E-state index in [2.05, 4.69) is 29.2 Å². The summed E-state index contributed by atoms with van der Waals surface area (Å²) in [7, 11) is 2.35. The van der Waals surface area contributed by atoms with E-state index < -0.39 is 73.0 Å². The van der Waals surface area contributed by atoms with E-state index in [0.717, 1.165) is 49.7 Å². The van der Waals surface area contributed by atoms with Gasteiger partial charge in [-0.25, -0.2) is 9.59 Å². The summed E-state index contributed by atoms with van der Waals surface area (Å²) in [5.41, 5.74) is 0. The fourth-order valence-corrected chi connectivity index (χ4v) is 5.32. The minimum absolute atomic E-state index is 0.297. The van der Waals surface area contributed by atoms with Crippen molar-refractivity contribution in [3.8, 4) is 0 Å². The molecule has 3 amide bonds. The zero-order chi connectivity index (χ0) is 33.9. The van der Waals surface area contributed by atoms with Gasteiger partial charge < -0.3 is 35.2 Å². The molecule has 0 unspecified atom stereocenters. The molecule has 45 heavy (non-hydrogen) atoms. The first-order valence-electron chi connectivity index (χ1n) is 16.4. The average Bonchev–Trinajstić information content (AvgIpc) is 3.00. The van der Waals surface area contributed by atoms with Crippen LogP contribution in [-0.4, -0.2) is 96.4 Å². The minimum Gasteiger partial charge on any atom is -0.467 e. The maximum absolute atomic E-state index is 13.4. The molecule has 0 aromatic heterocycles. The zero-order valence-electron chi connectivity index (χ0n) is 28.1. The van der Waals surface area contributed by atoms with Crippen molar-refractivity contribution >= 4 is 29.7 Å². The smallest absolute Gasteiger partial charge is 0.337 e. The van der Waals surface area contributed by atoms with Crippen LogP contribution < -0.4 is 10.6 Å². The second-order valence-corrected chi connectivity index (χ2v) is 12.7. The SMILES string of the molecule is COC(=O)[C@@H](O)[C@@H]1NC(=O)CN(C)C(=O)/C=C/[C@H](CO)NC(=O)[C@H](C)[C@@H]([C@@H](C)CCCCCCCCCCCC(C)C)OC1=O. The average molecular weight is 640 g/mol. The Morgan fingerprint density at radius 3 is 2.07 bits per heavy atom. The highest BCUT2D eigenvalue weighted by Gasteiger charge is 2.40. The van der Waals surface area contributed by atoms with Gasteiger partial charge in [0.1, 0.15) is 6.10 Å². The van der Waals surface area contributed by atoms with Crippen LogP contribution >= 0.6 is 0 Å². The third-order valence-electron chi connectivity index (χ3n) is 8.24. The lowest BCUT2D eigenvalue weighted by Gasteiger charge is -2.31. The van der Waals surface area contributed by atoms with Crippen molar-refractivity contribution in [1.82, 2.24) is 15.5 Å². The van der Waals surface area contributed by atoms with Gasteiger partial charge in [-0.1, -0.05) is 98.0 Å². The molecule has 1 rings (SSSR count). The number of hydrogen-bond acceptors (Lipinski definition) is 9. The van der Waals surface area contributed by atoms with E-state index in [4.69, 9.17) is 4.74 Å². The van der Waals surface area contributed by atoms with Crippen molar-refractivity contribution in [3.63, 3.8) is 0 Å². The predicted molar refractivity (Wildman–Crippen MR) is 170 cm³/mol. The number of aliphatic hydroxyl groups is 2. The number of rotatable bonds is 16. The number of methoxy groups -OCH3 is 1. The Hall–Kier alpha value is -2.99. The molecular formula is C33H57N3O9. The Bertz CT molecular complexity index is 971. The summed E-state index contributed by atoms with van der Waals surface area (Å²) in [5, 5.41) is 25.3. The molecule has 0 saturated carbocycles. The number of nitrogens with zero attached hydrogens (tertiary/aromatic N) is 1. The van der Waals surface area contributed by atoms with Gasteiger partial charge >= 0.3 is 11.9 Å². The van der Waals surface area contributed by atoms with Crippen LogP contribution in [0.3, 0.4) is 0 Å². The molecule has 4 N–H and O–H groups in total. The molecule has 0 aromatic carbocycles. The maximum Gasteiger partial charge on any atom is 0.337 e. The van der Waals surface area contributed by atoms with Crippen LogP contribution in [0, 0.1) is 17.8 Å². The number of unbranched alkanes of at least 4 members (excludes halogenated alkanes) is 8. The van der Waals surface area contributed by atoms with E-state index in [9.17, 15) is 34.2 Å². The van der Waals surface area contributed by atoms with Crippen LogP contribution in [0.15, 0.2) is 12.2 Å². The van der Waals surface area contributed by atoms with Crippen LogP contribution in [0.5, 0.6) is 0 Å². The van der Waals surface area contributed by atoms with Crippen molar-refractivity contribution < 1.29 is 43.7 Å². The number of nitrogens with one attached hydrogen (secondary N) is 2. The monoisotopic (exact) mass is 639 g/mol. The van der Waals surface area contributed by atoms with Gasteiger partial charge in [-0.3, -0.25) is 14.4 Å². The number of carbonyl (C=O) groups excluding carboxylic acids is 5. The molecule has 1 heterocycles. The van der Waals surface area contributed by atoms with Gasteiger partial charge in [0.15, 0.2) is 12.1 Å². The molecular weight excluding hydrogens is 582 g/mol. The van der Waals surface area contributed by atoms with E-state index >= 15 is 0 Å². The fourth-order valence-electron chi connectivity index (χ4n) is 5.32. The van der Waals surface area contributed by atoms with Crippen molar-refractivity contribution in [2.75, 3.05) is 27.3 Å². The summed E-state index contributed by atoms with van der Waals surface area (Å²) in [6.45, 7) is 6.94. The van der Waals surface area contributed by atoms with Gasteiger partial charge in [0.2, 0.25) is 17.7 Å². The zero-order valence-corrected chi connectivity index (χ0v) is 28.1. The van der Waals surface area contributed by atoms with Crippen LogP contribution in [-0.2, 0) is 33.4 Å². The van der Waals surface area contributed by atoms with Crippen LogP contribution in [0.4, 0.5) is 0 Å². The van der Waals surface area contributed by atoms with Crippen molar-refractivity contribution in [1.29, 1.82) is 0 Å². The minimum atomic E-state index is -2.09. The summed E-state index contributed by atoms with van der Waals surface area (Å²) >= 11 is 0. The number of hydrogen-bond donors (Lipinski definition) is 4. The number of ether oxygens (including phenoxy) is 2. The highest BCUT2D eigenvalue weighted by molar-refractivity contribution is 5.94.